The highest BCUT2D eigenvalue weighted by atomic mass is 16.5. The lowest BCUT2D eigenvalue weighted by atomic mass is 9.80. The van der Waals surface area contributed by atoms with Crippen LogP contribution in [-0.4, -0.2) is 25.5 Å². The summed E-state index contributed by atoms with van der Waals surface area (Å²) in [6, 6.07) is 0. The molecule has 0 bridgehead atoms. The lowest BCUT2D eigenvalue weighted by Gasteiger charge is -2.30. The summed E-state index contributed by atoms with van der Waals surface area (Å²) < 4.78 is 6.03. The van der Waals surface area contributed by atoms with Crippen LogP contribution in [0.2, 0.25) is 0 Å². The zero-order valence-electron chi connectivity index (χ0n) is 13.8. The number of aliphatic imine (C=N–C) groups is 1. The smallest absolute Gasteiger partial charge is 0.121 e. The van der Waals surface area contributed by atoms with Crippen LogP contribution in [-0.2, 0) is 4.74 Å². The Kier molecular flexibility index (Phi) is 7.28. The minimum Gasteiger partial charge on any atom is -0.378 e. The second-order valence-electron chi connectivity index (χ2n) is 6.76. The molecule has 0 aromatic heterocycles. The predicted octanol–water partition coefficient (Wildman–Crippen LogP) is 4.29. The lowest BCUT2D eigenvalue weighted by molar-refractivity contribution is 0.0115. The molecule has 0 radical (unpaired) electrons. The molecular weight excluding hydrogens is 260 g/mol. The second-order valence-corrected chi connectivity index (χ2v) is 6.76. The fourth-order valence-corrected chi connectivity index (χ4v) is 3.24. The summed E-state index contributed by atoms with van der Waals surface area (Å²) in [5, 5.41) is 3.39. The van der Waals surface area contributed by atoms with E-state index in [0.29, 0.717) is 6.10 Å². The first-order chi connectivity index (χ1) is 10.3. The van der Waals surface area contributed by atoms with Crippen molar-refractivity contribution in [3.05, 3.63) is 11.9 Å². The van der Waals surface area contributed by atoms with Crippen LogP contribution in [0, 0.1) is 11.8 Å². The van der Waals surface area contributed by atoms with Crippen molar-refractivity contribution in [3.8, 4) is 0 Å². The van der Waals surface area contributed by atoms with Crippen LogP contribution in [0.5, 0.6) is 0 Å². The van der Waals surface area contributed by atoms with Crippen LogP contribution in [0.25, 0.3) is 0 Å². The van der Waals surface area contributed by atoms with Crippen molar-refractivity contribution in [1.29, 1.82) is 0 Å². The molecule has 0 aromatic rings. The first kappa shape index (κ1) is 16.5. The third kappa shape index (κ3) is 6.21. The number of hydrogen-bond donors (Lipinski definition) is 1. The highest BCUT2D eigenvalue weighted by Crippen LogP contribution is 2.31. The fraction of sp³-hybridized carbons (Fsp3) is 0.833. The molecule has 3 nitrogen and oxygen atoms in total. The Morgan fingerprint density at radius 2 is 2.00 bits per heavy atom. The molecule has 0 spiro atoms. The van der Waals surface area contributed by atoms with Gasteiger partial charge in [0.2, 0.25) is 0 Å². The Balaban J connectivity index is 1.45. The van der Waals surface area contributed by atoms with Gasteiger partial charge in [-0.25, -0.2) is 4.99 Å². The molecule has 2 rings (SSSR count). The normalized spacial score (nSPS) is 26.0. The highest BCUT2D eigenvalue weighted by molar-refractivity contribution is 5.60. The topological polar surface area (TPSA) is 33.6 Å². The van der Waals surface area contributed by atoms with E-state index in [2.05, 4.69) is 30.2 Å². The second kappa shape index (κ2) is 9.24. The van der Waals surface area contributed by atoms with E-state index in [4.69, 9.17) is 4.74 Å². The first-order valence-corrected chi connectivity index (χ1v) is 8.84. The molecule has 0 aromatic carbocycles. The molecule has 0 amide bonds. The van der Waals surface area contributed by atoms with Crippen LogP contribution in [0.4, 0.5) is 0 Å². The van der Waals surface area contributed by atoms with Gasteiger partial charge in [-0.15, -0.1) is 0 Å². The molecule has 1 aliphatic carbocycles. The van der Waals surface area contributed by atoms with Gasteiger partial charge in [0.15, 0.2) is 0 Å². The van der Waals surface area contributed by atoms with Crippen molar-refractivity contribution in [2.24, 2.45) is 16.8 Å². The molecule has 3 heteroatoms. The van der Waals surface area contributed by atoms with Crippen molar-refractivity contribution in [1.82, 2.24) is 5.32 Å². The van der Waals surface area contributed by atoms with Gasteiger partial charge >= 0.3 is 0 Å². The standard InChI is InChI=1S/C18H32N2O/c1-15(2)16-8-10-17(11-9-16)21-14-6-5-13-20-18-7-3-4-12-19-18/h7,12,15-17,20H,3-6,8-11,13-14H2,1-2H3. The average molecular weight is 292 g/mol. The molecule has 1 heterocycles. The van der Waals surface area contributed by atoms with Gasteiger partial charge in [-0.3, -0.25) is 0 Å². The molecule has 1 saturated carbocycles. The maximum Gasteiger partial charge on any atom is 0.121 e. The van der Waals surface area contributed by atoms with E-state index < -0.39 is 0 Å². The third-order valence-electron chi connectivity index (χ3n) is 4.76. The zero-order chi connectivity index (χ0) is 14.9. The molecule has 1 N–H and O–H groups in total. The fourth-order valence-electron chi connectivity index (χ4n) is 3.24. The summed E-state index contributed by atoms with van der Waals surface area (Å²) in [4.78, 5) is 4.34. The third-order valence-corrected chi connectivity index (χ3v) is 4.76. The number of nitrogens with one attached hydrogen (secondary N) is 1. The minimum atomic E-state index is 0.526. The van der Waals surface area contributed by atoms with E-state index in [1.807, 2.05) is 6.21 Å². The summed E-state index contributed by atoms with van der Waals surface area (Å²) in [5.74, 6) is 2.82. The monoisotopic (exact) mass is 292 g/mol. The van der Waals surface area contributed by atoms with Gasteiger partial charge in [0.25, 0.3) is 0 Å². The summed E-state index contributed by atoms with van der Waals surface area (Å²) in [7, 11) is 0. The number of allylic oxidation sites excluding steroid dienone is 1. The molecule has 120 valence electrons. The van der Waals surface area contributed by atoms with Crippen LogP contribution in [0.15, 0.2) is 16.9 Å². The van der Waals surface area contributed by atoms with Gasteiger partial charge < -0.3 is 10.1 Å². The Morgan fingerprint density at radius 1 is 1.19 bits per heavy atom. The quantitative estimate of drug-likeness (QED) is 0.677. The number of hydrogen-bond acceptors (Lipinski definition) is 3. The maximum atomic E-state index is 6.03. The largest absolute Gasteiger partial charge is 0.378 e. The number of nitrogens with zero attached hydrogens (tertiary/aromatic N) is 1. The van der Waals surface area contributed by atoms with E-state index in [1.54, 1.807) is 0 Å². The number of unbranched alkanes of at least 4 members (excludes halogenated alkanes) is 1. The summed E-state index contributed by atoms with van der Waals surface area (Å²) in [6.45, 7) is 6.63. The summed E-state index contributed by atoms with van der Waals surface area (Å²) in [6.07, 6.45) is 14.5. The molecule has 2 aliphatic rings. The Morgan fingerprint density at radius 3 is 2.67 bits per heavy atom. The summed E-state index contributed by atoms with van der Waals surface area (Å²) >= 11 is 0. The van der Waals surface area contributed by atoms with Crippen LogP contribution in [0.1, 0.15) is 65.2 Å². The van der Waals surface area contributed by atoms with Crippen LogP contribution < -0.4 is 5.32 Å². The van der Waals surface area contributed by atoms with E-state index in [9.17, 15) is 0 Å². The van der Waals surface area contributed by atoms with Crippen molar-refractivity contribution in [3.63, 3.8) is 0 Å². The van der Waals surface area contributed by atoms with Gasteiger partial charge in [-0.2, -0.15) is 0 Å². The Labute approximate surface area is 130 Å². The van der Waals surface area contributed by atoms with Crippen molar-refractivity contribution in [2.75, 3.05) is 13.2 Å². The molecule has 1 aliphatic heterocycles. The lowest BCUT2D eigenvalue weighted by Crippen LogP contribution is -2.24. The molecule has 0 saturated heterocycles. The van der Waals surface area contributed by atoms with Crippen molar-refractivity contribution < 1.29 is 4.74 Å². The van der Waals surface area contributed by atoms with Gasteiger partial charge in [0.1, 0.15) is 5.82 Å². The van der Waals surface area contributed by atoms with E-state index in [-0.39, 0.29) is 0 Å². The Hall–Kier alpha value is -0.830. The average Bonchev–Trinajstić information content (AvgIpc) is 2.52. The number of ether oxygens (including phenoxy) is 1. The van der Waals surface area contributed by atoms with E-state index in [0.717, 1.165) is 56.5 Å². The van der Waals surface area contributed by atoms with Crippen LogP contribution >= 0.6 is 0 Å². The Bertz CT molecular complexity index is 341. The maximum absolute atomic E-state index is 6.03. The predicted molar refractivity (Wildman–Crippen MR) is 89.6 cm³/mol. The van der Waals surface area contributed by atoms with Gasteiger partial charge in [-0.05, 0) is 69.3 Å². The van der Waals surface area contributed by atoms with Crippen LogP contribution in [0.3, 0.4) is 0 Å². The molecule has 21 heavy (non-hydrogen) atoms. The van der Waals surface area contributed by atoms with Gasteiger partial charge in [0.05, 0.1) is 6.10 Å². The highest BCUT2D eigenvalue weighted by Gasteiger charge is 2.23. The summed E-state index contributed by atoms with van der Waals surface area (Å²) in [5.41, 5.74) is 0. The SMILES string of the molecule is CC(C)C1CCC(OCCCCNC2=CCCC=N2)CC1. The first-order valence-electron chi connectivity index (χ1n) is 8.84. The molecule has 0 unspecified atom stereocenters. The number of rotatable bonds is 8. The molecule has 0 atom stereocenters. The van der Waals surface area contributed by atoms with Gasteiger partial charge in [-0.1, -0.05) is 13.8 Å². The zero-order valence-corrected chi connectivity index (χ0v) is 13.8. The van der Waals surface area contributed by atoms with E-state index >= 15 is 0 Å². The van der Waals surface area contributed by atoms with E-state index in [1.165, 1.54) is 25.7 Å². The van der Waals surface area contributed by atoms with Gasteiger partial charge in [0, 0.05) is 19.4 Å². The van der Waals surface area contributed by atoms with Crippen molar-refractivity contribution in [2.45, 2.75) is 71.3 Å². The van der Waals surface area contributed by atoms with Crippen molar-refractivity contribution >= 4 is 6.21 Å². The molecular formula is C18H32N2O. The molecule has 1 fully saturated rings. The minimum absolute atomic E-state index is 0.526.